The first kappa shape index (κ1) is 13.9. The maximum Gasteiger partial charge on any atom is 0.344 e. The lowest BCUT2D eigenvalue weighted by Gasteiger charge is -2.04. The molecule has 0 saturated carbocycles. The highest BCUT2D eigenvalue weighted by Gasteiger charge is 2.21. The Kier molecular flexibility index (Phi) is 3.93. The van der Waals surface area contributed by atoms with E-state index in [9.17, 15) is 9.59 Å². The van der Waals surface area contributed by atoms with Crippen LogP contribution in [-0.2, 0) is 9.53 Å². The van der Waals surface area contributed by atoms with Gasteiger partial charge in [-0.1, -0.05) is 0 Å². The number of methoxy groups -OCH3 is 1. The lowest BCUT2D eigenvalue weighted by Crippen LogP contribution is -2.06. The number of carbonyl (C=O) groups is 2. The van der Waals surface area contributed by atoms with Gasteiger partial charge in [-0.25, -0.2) is 4.79 Å². The number of nitrogens with one attached hydrogen (secondary N) is 1. The van der Waals surface area contributed by atoms with Crippen molar-refractivity contribution in [2.75, 3.05) is 13.7 Å². The monoisotopic (exact) mass is 277 g/mol. The SMILES string of the molecule is CCOC(=O)c1c(OC)[nH]c2ccc(OC(C)=O)cc12. The summed E-state index contributed by atoms with van der Waals surface area (Å²) in [6.45, 7) is 3.30. The molecule has 1 aromatic carbocycles. The second kappa shape index (κ2) is 5.64. The first-order valence-corrected chi connectivity index (χ1v) is 6.12. The molecular formula is C14H15NO5. The molecule has 0 aliphatic heterocycles. The van der Waals surface area contributed by atoms with E-state index >= 15 is 0 Å². The molecule has 0 amide bonds. The van der Waals surface area contributed by atoms with E-state index in [0.29, 0.717) is 28.1 Å². The van der Waals surface area contributed by atoms with Gasteiger partial charge in [0.15, 0.2) is 0 Å². The highest BCUT2D eigenvalue weighted by molar-refractivity contribution is 6.07. The van der Waals surface area contributed by atoms with Gasteiger partial charge in [-0.05, 0) is 25.1 Å². The number of rotatable bonds is 4. The average Bonchev–Trinajstić information content (AvgIpc) is 2.76. The normalized spacial score (nSPS) is 10.3. The van der Waals surface area contributed by atoms with Gasteiger partial charge < -0.3 is 19.2 Å². The third-order valence-corrected chi connectivity index (χ3v) is 2.68. The lowest BCUT2D eigenvalue weighted by molar-refractivity contribution is -0.131. The summed E-state index contributed by atoms with van der Waals surface area (Å²) < 4.78 is 15.2. The van der Waals surface area contributed by atoms with Gasteiger partial charge in [-0.15, -0.1) is 0 Å². The number of ether oxygens (including phenoxy) is 3. The summed E-state index contributed by atoms with van der Waals surface area (Å²) in [5.41, 5.74) is 0.985. The highest BCUT2D eigenvalue weighted by atomic mass is 16.5. The van der Waals surface area contributed by atoms with Crippen LogP contribution in [0.3, 0.4) is 0 Å². The average molecular weight is 277 g/mol. The second-order valence-electron chi connectivity index (χ2n) is 4.05. The Bertz CT molecular complexity index is 659. The van der Waals surface area contributed by atoms with E-state index in [1.54, 1.807) is 25.1 Å². The van der Waals surface area contributed by atoms with Crippen molar-refractivity contribution in [3.8, 4) is 11.6 Å². The summed E-state index contributed by atoms with van der Waals surface area (Å²) in [6, 6.07) is 4.94. The Labute approximate surface area is 115 Å². The molecule has 0 unspecified atom stereocenters. The van der Waals surface area contributed by atoms with Crippen LogP contribution in [0.1, 0.15) is 24.2 Å². The molecule has 6 heteroatoms. The number of esters is 2. The molecule has 0 radical (unpaired) electrons. The fourth-order valence-corrected chi connectivity index (χ4v) is 1.93. The number of hydrogen-bond donors (Lipinski definition) is 1. The van der Waals surface area contributed by atoms with E-state index in [2.05, 4.69) is 4.98 Å². The van der Waals surface area contributed by atoms with Crippen LogP contribution in [0.2, 0.25) is 0 Å². The first-order valence-electron chi connectivity index (χ1n) is 6.12. The molecule has 20 heavy (non-hydrogen) atoms. The van der Waals surface area contributed by atoms with Gasteiger partial charge in [-0.2, -0.15) is 0 Å². The van der Waals surface area contributed by atoms with Gasteiger partial charge in [0.05, 0.1) is 13.7 Å². The minimum Gasteiger partial charge on any atom is -0.482 e. The number of fused-ring (bicyclic) bond motifs is 1. The van der Waals surface area contributed by atoms with E-state index in [0.717, 1.165) is 0 Å². The topological polar surface area (TPSA) is 77.6 Å². The largest absolute Gasteiger partial charge is 0.482 e. The van der Waals surface area contributed by atoms with Gasteiger partial charge in [0.2, 0.25) is 5.88 Å². The number of aromatic amines is 1. The van der Waals surface area contributed by atoms with Crippen LogP contribution in [0, 0.1) is 0 Å². The maximum absolute atomic E-state index is 12.0. The minimum atomic E-state index is -0.490. The Morgan fingerprint density at radius 3 is 2.65 bits per heavy atom. The zero-order valence-corrected chi connectivity index (χ0v) is 11.5. The lowest BCUT2D eigenvalue weighted by atomic mass is 10.1. The molecular weight excluding hydrogens is 262 g/mol. The number of H-pyrrole nitrogens is 1. The molecule has 0 bridgehead atoms. The van der Waals surface area contributed by atoms with Crippen molar-refractivity contribution in [1.29, 1.82) is 0 Å². The van der Waals surface area contributed by atoms with Crippen molar-refractivity contribution in [2.45, 2.75) is 13.8 Å². The van der Waals surface area contributed by atoms with Gasteiger partial charge in [-0.3, -0.25) is 4.79 Å². The quantitative estimate of drug-likeness (QED) is 0.685. The number of benzene rings is 1. The van der Waals surface area contributed by atoms with Crippen LogP contribution in [0.4, 0.5) is 0 Å². The van der Waals surface area contributed by atoms with Crippen LogP contribution >= 0.6 is 0 Å². The number of carbonyl (C=O) groups excluding carboxylic acids is 2. The van der Waals surface area contributed by atoms with Crippen molar-refractivity contribution >= 4 is 22.8 Å². The minimum absolute atomic E-state index is 0.262. The number of aromatic nitrogens is 1. The molecule has 2 rings (SSSR count). The van der Waals surface area contributed by atoms with Gasteiger partial charge in [0, 0.05) is 17.8 Å². The molecule has 106 valence electrons. The Morgan fingerprint density at radius 2 is 2.05 bits per heavy atom. The standard InChI is InChI=1S/C14H15NO5/c1-4-19-14(17)12-10-7-9(20-8(2)16)5-6-11(10)15-13(12)18-3/h5-7,15H,4H2,1-3H3. The molecule has 1 N–H and O–H groups in total. The summed E-state index contributed by atoms with van der Waals surface area (Å²) in [7, 11) is 1.46. The zero-order valence-electron chi connectivity index (χ0n) is 11.5. The molecule has 0 saturated heterocycles. The number of hydrogen-bond acceptors (Lipinski definition) is 5. The third-order valence-electron chi connectivity index (χ3n) is 2.68. The fraction of sp³-hybridized carbons (Fsp3) is 0.286. The van der Waals surface area contributed by atoms with E-state index in [1.807, 2.05) is 0 Å². The molecule has 0 atom stereocenters. The summed E-state index contributed by atoms with van der Waals surface area (Å²) in [4.78, 5) is 26.0. The van der Waals surface area contributed by atoms with Crippen molar-refractivity contribution in [3.05, 3.63) is 23.8 Å². The Balaban J connectivity index is 2.56. The van der Waals surface area contributed by atoms with E-state index in [-0.39, 0.29) is 6.61 Å². The molecule has 2 aromatic rings. The van der Waals surface area contributed by atoms with Gasteiger partial charge in [0.25, 0.3) is 0 Å². The molecule has 1 heterocycles. The van der Waals surface area contributed by atoms with Crippen molar-refractivity contribution in [3.63, 3.8) is 0 Å². The van der Waals surface area contributed by atoms with Gasteiger partial charge >= 0.3 is 11.9 Å². The van der Waals surface area contributed by atoms with Crippen molar-refractivity contribution in [1.82, 2.24) is 4.98 Å². The van der Waals surface area contributed by atoms with Crippen LogP contribution in [0.15, 0.2) is 18.2 Å². The summed E-state index contributed by atoms with van der Waals surface area (Å²) in [5, 5.41) is 0.582. The van der Waals surface area contributed by atoms with Crippen LogP contribution < -0.4 is 9.47 Å². The summed E-state index contributed by atoms with van der Waals surface area (Å²) >= 11 is 0. The summed E-state index contributed by atoms with van der Waals surface area (Å²) in [6.07, 6.45) is 0. The van der Waals surface area contributed by atoms with Crippen LogP contribution in [0.5, 0.6) is 11.6 Å². The smallest absolute Gasteiger partial charge is 0.344 e. The Hall–Kier alpha value is -2.50. The van der Waals surface area contributed by atoms with Gasteiger partial charge in [0.1, 0.15) is 11.3 Å². The summed E-state index contributed by atoms with van der Waals surface area (Å²) in [5.74, 6) is -0.240. The molecule has 0 aliphatic carbocycles. The Morgan fingerprint density at radius 1 is 1.30 bits per heavy atom. The van der Waals surface area contributed by atoms with Crippen molar-refractivity contribution in [2.24, 2.45) is 0 Å². The van der Waals surface area contributed by atoms with E-state index < -0.39 is 11.9 Å². The molecule has 1 aromatic heterocycles. The van der Waals surface area contributed by atoms with Crippen molar-refractivity contribution < 1.29 is 23.8 Å². The molecule has 0 spiro atoms. The highest BCUT2D eigenvalue weighted by Crippen LogP contribution is 2.31. The molecule has 0 aliphatic rings. The molecule has 0 fully saturated rings. The van der Waals surface area contributed by atoms with E-state index in [1.165, 1.54) is 14.0 Å². The van der Waals surface area contributed by atoms with Crippen LogP contribution in [0.25, 0.3) is 10.9 Å². The first-order chi connectivity index (χ1) is 9.56. The fourth-order valence-electron chi connectivity index (χ4n) is 1.93. The second-order valence-corrected chi connectivity index (χ2v) is 4.05. The third kappa shape index (κ3) is 2.59. The van der Waals surface area contributed by atoms with Crippen LogP contribution in [-0.4, -0.2) is 30.6 Å². The molecule has 6 nitrogen and oxygen atoms in total. The zero-order chi connectivity index (χ0) is 14.7. The maximum atomic E-state index is 12.0. The predicted octanol–water partition coefficient (Wildman–Crippen LogP) is 2.28. The predicted molar refractivity (Wildman–Crippen MR) is 72.1 cm³/mol. The van der Waals surface area contributed by atoms with E-state index in [4.69, 9.17) is 14.2 Å².